The van der Waals surface area contributed by atoms with Crippen LogP contribution in [0.4, 0.5) is 17.1 Å². The van der Waals surface area contributed by atoms with Crippen LogP contribution in [0.15, 0.2) is 77.7 Å². The van der Waals surface area contributed by atoms with E-state index in [0.29, 0.717) is 28.5 Å². The van der Waals surface area contributed by atoms with Crippen molar-refractivity contribution in [1.82, 2.24) is 0 Å². The summed E-state index contributed by atoms with van der Waals surface area (Å²) >= 11 is 6.89. The molecule has 7 nitrogen and oxygen atoms in total. The Balaban J connectivity index is 1.66. The summed E-state index contributed by atoms with van der Waals surface area (Å²) in [6, 6.07) is 21.9. The molecule has 0 radical (unpaired) electrons. The van der Waals surface area contributed by atoms with Crippen molar-refractivity contribution < 1.29 is 19.1 Å². The predicted octanol–water partition coefficient (Wildman–Crippen LogP) is 5.80. The lowest BCUT2D eigenvalue weighted by molar-refractivity contribution is -0.115. The molecule has 0 fully saturated rings. The van der Waals surface area contributed by atoms with E-state index in [0.717, 1.165) is 16.3 Å². The van der Waals surface area contributed by atoms with Crippen LogP contribution in [0.3, 0.4) is 0 Å². The van der Waals surface area contributed by atoms with Crippen LogP contribution < -0.4 is 20.7 Å². The summed E-state index contributed by atoms with van der Waals surface area (Å²) in [7, 11) is 2.91. The minimum atomic E-state index is -0.502. The van der Waals surface area contributed by atoms with Crippen LogP contribution in [0, 0.1) is 0 Å². The van der Waals surface area contributed by atoms with Crippen molar-refractivity contribution in [3.05, 3.63) is 78.4 Å². The van der Waals surface area contributed by atoms with E-state index in [1.165, 1.54) is 18.9 Å². The molecule has 35 heavy (non-hydrogen) atoms. The molecule has 0 bridgehead atoms. The van der Waals surface area contributed by atoms with Crippen LogP contribution in [0.2, 0.25) is 0 Å². The third-order valence-electron chi connectivity index (χ3n) is 4.98. The lowest BCUT2D eigenvalue weighted by Gasteiger charge is -2.17. The second-order valence-corrected chi connectivity index (χ2v) is 9.03. The number of anilines is 3. The quantitative estimate of drug-likeness (QED) is 0.189. The number of nitrogens with one attached hydrogen (secondary N) is 3. The van der Waals surface area contributed by atoms with E-state index >= 15 is 0 Å². The molecule has 3 rings (SSSR count). The van der Waals surface area contributed by atoms with E-state index < -0.39 is 5.97 Å². The molecular formula is C26H27N3O4S2. The molecule has 1 atom stereocenters. The first-order valence-electron chi connectivity index (χ1n) is 10.9. The molecule has 0 aliphatic heterocycles. The Morgan fingerprint density at radius 2 is 1.63 bits per heavy atom. The largest absolute Gasteiger partial charge is 0.495 e. The van der Waals surface area contributed by atoms with E-state index in [2.05, 4.69) is 16.0 Å². The maximum Gasteiger partial charge on any atom is 0.339 e. The summed E-state index contributed by atoms with van der Waals surface area (Å²) < 4.78 is 10.2. The maximum absolute atomic E-state index is 13.0. The van der Waals surface area contributed by atoms with Crippen molar-refractivity contribution in [2.75, 3.05) is 30.2 Å². The minimum Gasteiger partial charge on any atom is -0.495 e. The first kappa shape index (κ1) is 26.1. The zero-order valence-electron chi connectivity index (χ0n) is 19.7. The lowest BCUT2D eigenvalue weighted by atomic mass is 10.1. The van der Waals surface area contributed by atoms with Crippen LogP contribution in [0.25, 0.3) is 0 Å². The number of rotatable bonds is 9. The lowest BCUT2D eigenvalue weighted by Crippen LogP contribution is -2.25. The van der Waals surface area contributed by atoms with Crippen LogP contribution in [0.1, 0.15) is 23.7 Å². The van der Waals surface area contributed by atoms with Gasteiger partial charge >= 0.3 is 5.97 Å². The SMILES string of the molecule is CCC(Sc1cccc(NC(=S)Nc2ccccc2OC)c1)C(=O)Nc1ccccc1C(=O)OC. The maximum atomic E-state index is 13.0. The highest BCUT2D eigenvalue weighted by molar-refractivity contribution is 8.00. The summed E-state index contributed by atoms with van der Waals surface area (Å²) in [5.41, 5.74) is 2.28. The molecule has 1 unspecified atom stereocenters. The Hall–Kier alpha value is -3.56. The summed E-state index contributed by atoms with van der Waals surface area (Å²) in [6.45, 7) is 1.94. The van der Waals surface area contributed by atoms with Gasteiger partial charge in [0.2, 0.25) is 5.91 Å². The summed E-state index contributed by atoms with van der Waals surface area (Å²) in [6.07, 6.45) is 0.600. The molecule has 0 saturated heterocycles. The Bertz CT molecular complexity index is 1200. The number of carbonyl (C=O) groups is 2. The number of para-hydroxylation sites is 3. The van der Waals surface area contributed by atoms with E-state index in [9.17, 15) is 9.59 Å². The average molecular weight is 510 g/mol. The fraction of sp³-hybridized carbons (Fsp3) is 0.192. The number of methoxy groups -OCH3 is 2. The first-order chi connectivity index (χ1) is 16.9. The Morgan fingerprint density at radius 3 is 2.34 bits per heavy atom. The number of carbonyl (C=O) groups excluding carboxylic acids is 2. The molecule has 3 aromatic rings. The van der Waals surface area contributed by atoms with Gasteiger partial charge in [-0.05, 0) is 61.1 Å². The van der Waals surface area contributed by atoms with Gasteiger partial charge < -0.3 is 25.4 Å². The number of thiocarbonyl (C=S) groups is 1. The highest BCUT2D eigenvalue weighted by Crippen LogP contribution is 2.29. The van der Waals surface area contributed by atoms with Gasteiger partial charge in [0.1, 0.15) is 5.75 Å². The fourth-order valence-electron chi connectivity index (χ4n) is 3.26. The Kier molecular flexibility index (Phi) is 9.51. The van der Waals surface area contributed by atoms with Crippen LogP contribution in [-0.2, 0) is 9.53 Å². The van der Waals surface area contributed by atoms with Crippen molar-refractivity contribution in [1.29, 1.82) is 0 Å². The fourth-order valence-corrected chi connectivity index (χ4v) is 4.50. The molecule has 0 spiro atoms. The van der Waals surface area contributed by atoms with Gasteiger partial charge in [0, 0.05) is 10.6 Å². The predicted molar refractivity (Wildman–Crippen MR) is 146 cm³/mol. The van der Waals surface area contributed by atoms with Gasteiger partial charge in [-0.15, -0.1) is 11.8 Å². The zero-order chi connectivity index (χ0) is 25.2. The standard InChI is InChI=1S/C26H27N3O4S2/c1-4-23(24(30)28-20-13-6-5-12-19(20)25(31)33-3)35-18-11-9-10-17(16-18)27-26(34)29-21-14-7-8-15-22(21)32-2/h5-16,23H,4H2,1-3H3,(H,28,30)(H2,27,29,34). The third kappa shape index (κ3) is 7.21. The summed E-state index contributed by atoms with van der Waals surface area (Å²) in [5.74, 6) is -0.00909. The number of esters is 1. The second-order valence-electron chi connectivity index (χ2n) is 7.35. The normalized spacial score (nSPS) is 11.2. The van der Waals surface area contributed by atoms with Gasteiger partial charge in [-0.3, -0.25) is 4.79 Å². The van der Waals surface area contributed by atoms with Gasteiger partial charge in [-0.1, -0.05) is 37.3 Å². The minimum absolute atomic E-state index is 0.194. The van der Waals surface area contributed by atoms with Crippen molar-refractivity contribution >= 4 is 58.0 Å². The molecule has 0 saturated carbocycles. The highest BCUT2D eigenvalue weighted by Gasteiger charge is 2.21. The Morgan fingerprint density at radius 1 is 0.914 bits per heavy atom. The highest BCUT2D eigenvalue weighted by atomic mass is 32.2. The van der Waals surface area contributed by atoms with Gasteiger partial charge in [0.05, 0.1) is 36.4 Å². The molecule has 9 heteroatoms. The molecule has 1 amide bonds. The van der Waals surface area contributed by atoms with Crippen LogP contribution in [-0.4, -0.2) is 36.5 Å². The van der Waals surface area contributed by atoms with Gasteiger partial charge in [0.15, 0.2) is 5.11 Å². The second kappa shape index (κ2) is 12.8. The van der Waals surface area contributed by atoms with E-state index in [4.69, 9.17) is 21.7 Å². The molecule has 0 aliphatic rings. The van der Waals surface area contributed by atoms with Crippen molar-refractivity contribution in [2.45, 2.75) is 23.5 Å². The molecule has 0 heterocycles. The number of ether oxygens (including phenoxy) is 2. The van der Waals surface area contributed by atoms with Crippen molar-refractivity contribution in [3.8, 4) is 5.75 Å². The summed E-state index contributed by atoms with van der Waals surface area (Å²) in [4.78, 5) is 25.9. The number of hydrogen-bond acceptors (Lipinski definition) is 6. The molecule has 0 aliphatic carbocycles. The van der Waals surface area contributed by atoms with Crippen LogP contribution in [0.5, 0.6) is 5.75 Å². The number of benzene rings is 3. The number of amides is 1. The summed E-state index contributed by atoms with van der Waals surface area (Å²) in [5, 5.41) is 9.22. The molecule has 182 valence electrons. The monoisotopic (exact) mass is 509 g/mol. The van der Waals surface area contributed by atoms with Crippen molar-refractivity contribution in [3.63, 3.8) is 0 Å². The van der Waals surface area contributed by atoms with E-state index in [1.807, 2.05) is 55.5 Å². The number of hydrogen-bond donors (Lipinski definition) is 3. The topological polar surface area (TPSA) is 88.7 Å². The van der Waals surface area contributed by atoms with E-state index in [-0.39, 0.29) is 11.2 Å². The zero-order valence-corrected chi connectivity index (χ0v) is 21.3. The molecular weight excluding hydrogens is 482 g/mol. The smallest absolute Gasteiger partial charge is 0.339 e. The molecule has 3 N–H and O–H groups in total. The van der Waals surface area contributed by atoms with Crippen LogP contribution >= 0.6 is 24.0 Å². The first-order valence-corrected chi connectivity index (χ1v) is 12.2. The van der Waals surface area contributed by atoms with Crippen molar-refractivity contribution in [2.24, 2.45) is 0 Å². The van der Waals surface area contributed by atoms with Gasteiger partial charge in [0.25, 0.3) is 0 Å². The number of thioether (sulfide) groups is 1. The van der Waals surface area contributed by atoms with Gasteiger partial charge in [-0.25, -0.2) is 4.79 Å². The molecule has 3 aromatic carbocycles. The average Bonchev–Trinajstić information content (AvgIpc) is 2.87. The molecule has 0 aromatic heterocycles. The Labute approximate surface area is 214 Å². The van der Waals surface area contributed by atoms with Gasteiger partial charge in [-0.2, -0.15) is 0 Å². The van der Waals surface area contributed by atoms with E-state index in [1.54, 1.807) is 31.4 Å². The third-order valence-corrected chi connectivity index (χ3v) is 6.54.